The first-order valence-corrected chi connectivity index (χ1v) is 12.6. The summed E-state index contributed by atoms with van der Waals surface area (Å²) in [5.74, 6) is 0.362. The van der Waals surface area contributed by atoms with Crippen LogP contribution in [0.15, 0.2) is 60.7 Å². The van der Waals surface area contributed by atoms with Gasteiger partial charge in [-0.1, -0.05) is 104 Å². The normalized spacial score (nSPS) is 29.5. The first kappa shape index (κ1) is 24.1. The largest absolute Gasteiger partial charge is 0.287 e. The maximum absolute atomic E-state index is 5.27. The summed E-state index contributed by atoms with van der Waals surface area (Å²) in [5, 5.41) is 0. The standard InChI is InChI=1S/C30H40N2/c1-6-9-12-21-28-24(4)25(5)31-22-29(7-2,26-17-13-10-14-18-26)30(8-3,23-32-28)27-19-15-11-16-20-27/h10-11,13-20,24-25,28H,6-9,12,21H2,1-5H3/q+2. The molecule has 0 N–H and O–H groups in total. The lowest BCUT2D eigenvalue weighted by atomic mass is 9.56. The van der Waals surface area contributed by atoms with Crippen LogP contribution in [0.25, 0.3) is 9.69 Å². The zero-order valence-electron chi connectivity index (χ0n) is 20.6. The molecule has 0 amide bonds. The molecule has 2 aromatic carbocycles. The maximum atomic E-state index is 5.27. The van der Waals surface area contributed by atoms with E-state index in [4.69, 9.17) is 9.69 Å². The minimum Gasteiger partial charge on any atom is -0.0790 e. The highest BCUT2D eigenvalue weighted by Gasteiger charge is 2.59. The van der Waals surface area contributed by atoms with E-state index in [9.17, 15) is 0 Å². The van der Waals surface area contributed by atoms with E-state index in [1.807, 2.05) is 0 Å². The molecule has 0 aliphatic carbocycles. The Morgan fingerprint density at radius 2 is 1.22 bits per heavy atom. The van der Waals surface area contributed by atoms with E-state index in [1.165, 1.54) is 30.4 Å². The van der Waals surface area contributed by atoms with E-state index >= 15 is 0 Å². The Balaban J connectivity index is 2.31. The SMILES string of the molecule is CCCCCC1[N+]#CC(CC)(c2ccccc2)C(CC)(c2ccccc2)C#[N+]C(C)C1C. The average Bonchev–Trinajstić information content (AvgIpc) is 2.89. The predicted molar refractivity (Wildman–Crippen MR) is 138 cm³/mol. The molecule has 3 rings (SSSR count). The van der Waals surface area contributed by atoms with Crippen LogP contribution in [0.1, 0.15) is 84.3 Å². The summed E-state index contributed by atoms with van der Waals surface area (Å²) in [5.41, 5.74) is 1.62. The predicted octanol–water partition coefficient (Wildman–Crippen LogP) is 8.34. The summed E-state index contributed by atoms with van der Waals surface area (Å²) in [4.78, 5) is 10.4. The minimum atomic E-state index is -0.430. The van der Waals surface area contributed by atoms with Crippen LogP contribution in [-0.2, 0) is 10.8 Å². The summed E-state index contributed by atoms with van der Waals surface area (Å²) in [6, 6.07) is 29.6. The van der Waals surface area contributed by atoms with Crippen LogP contribution in [0, 0.1) is 18.1 Å². The fraction of sp³-hybridized carbons (Fsp3) is 0.533. The van der Waals surface area contributed by atoms with Crippen molar-refractivity contribution in [1.29, 1.82) is 0 Å². The minimum absolute atomic E-state index is 0.172. The molecule has 1 heterocycles. The maximum Gasteiger partial charge on any atom is 0.287 e. The zero-order valence-corrected chi connectivity index (χ0v) is 20.6. The van der Waals surface area contributed by atoms with E-state index in [1.54, 1.807) is 0 Å². The summed E-state index contributed by atoms with van der Waals surface area (Å²) in [6.45, 7) is 11.3. The van der Waals surface area contributed by atoms with E-state index < -0.39 is 10.8 Å². The van der Waals surface area contributed by atoms with Crippen molar-refractivity contribution in [3.63, 3.8) is 0 Å². The van der Waals surface area contributed by atoms with E-state index in [2.05, 4.69) is 107 Å². The third-order valence-electron chi connectivity index (χ3n) is 7.67. The molecular weight excluding hydrogens is 388 g/mol. The first-order valence-electron chi connectivity index (χ1n) is 12.6. The van der Waals surface area contributed by atoms with Crippen molar-refractivity contribution in [1.82, 2.24) is 0 Å². The fourth-order valence-electron chi connectivity index (χ4n) is 5.32. The second-order valence-electron chi connectivity index (χ2n) is 9.39. The Morgan fingerprint density at radius 1 is 0.719 bits per heavy atom. The molecule has 32 heavy (non-hydrogen) atoms. The third-order valence-corrected chi connectivity index (χ3v) is 7.67. The number of hydrogen-bond acceptors (Lipinski definition) is 0. The second-order valence-corrected chi connectivity index (χ2v) is 9.39. The smallest absolute Gasteiger partial charge is 0.0790 e. The van der Waals surface area contributed by atoms with Crippen LogP contribution in [0.4, 0.5) is 0 Å². The molecule has 5 atom stereocenters. The Bertz CT molecular complexity index is 975. The van der Waals surface area contributed by atoms with Gasteiger partial charge in [-0.2, -0.15) is 0 Å². The molecule has 2 aromatic rings. The van der Waals surface area contributed by atoms with Crippen LogP contribution >= 0.6 is 0 Å². The Labute approximate surface area is 195 Å². The van der Waals surface area contributed by atoms with Gasteiger partial charge in [-0.05, 0) is 37.3 Å². The number of nitrogens with zero attached hydrogens (tertiary/aromatic N) is 2. The number of hydrogen-bond donors (Lipinski definition) is 0. The van der Waals surface area contributed by atoms with Gasteiger partial charge in [-0.3, -0.25) is 0 Å². The van der Waals surface area contributed by atoms with Crippen LogP contribution in [-0.4, -0.2) is 12.1 Å². The molecule has 2 nitrogen and oxygen atoms in total. The highest BCUT2D eigenvalue weighted by atomic mass is 14.8. The number of benzene rings is 2. The fourth-order valence-corrected chi connectivity index (χ4v) is 5.32. The van der Waals surface area contributed by atoms with Gasteiger partial charge in [0.1, 0.15) is 5.92 Å². The van der Waals surface area contributed by atoms with Gasteiger partial charge in [0.15, 0.2) is 10.8 Å². The van der Waals surface area contributed by atoms with Gasteiger partial charge < -0.3 is 0 Å². The summed E-state index contributed by atoms with van der Waals surface area (Å²) >= 11 is 0. The molecule has 1 aliphatic rings. The van der Waals surface area contributed by atoms with Gasteiger partial charge in [-0.25, -0.2) is 0 Å². The Kier molecular flexibility index (Phi) is 8.15. The zero-order chi connectivity index (χ0) is 23.0. The van der Waals surface area contributed by atoms with Crippen molar-refractivity contribution >= 4 is 0 Å². The van der Waals surface area contributed by atoms with Gasteiger partial charge in [-0.15, -0.1) is 0 Å². The molecule has 0 fully saturated rings. The topological polar surface area (TPSA) is 8.72 Å². The lowest BCUT2D eigenvalue weighted by Crippen LogP contribution is -2.47. The quantitative estimate of drug-likeness (QED) is 0.374. The van der Waals surface area contributed by atoms with Crippen molar-refractivity contribution in [2.45, 2.75) is 96.1 Å². The molecule has 0 bridgehead atoms. The van der Waals surface area contributed by atoms with Crippen molar-refractivity contribution in [2.24, 2.45) is 5.92 Å². The third kappa shape index (κ3) is 4.47. The number of unbranched alkanes of at least 4 members (excludes halogenated alkanes) is 2. The second kappa shape index (κ2) is 10.8. The van der Waals surface area contributed by atoms with Gasteiger partial charge in [0.25, 0.3) is 24.2 Å². The van der Waals surface area contributed by atoms with Gasteiger partial charge in [0.05, 0.1) is 0 Å². The number of rotatable bonds is 8. The molecule has 0 saturated heterocycles. The van der Waals surface area contributed by atoms with Crippen LogP contribution in [0.2, 0.25) is 0 Å². The Morgan fingerprint density at radius 3 is 1.69 bits per heavy atom. The van der Waals surface area contributed by atoms with Crippen molar-refractivity contribution in [2.75, 3.05) is 0 Å². The van der Waals surface area contributed by atoms with Crippen molar-refractivity contribution < 1.29 is 0 Å². The first-order chi connectivity index (χ1) is 15.5. The monoisotopic (exact) mass is 428 g/mol. The van der Waals surface area contributed by atoms with Gasteiger partial charge in [0.2, 0.25) is 0 Å². The van der Waals surface area contributed by atoms with Gasteiger partial charge in [0, 0.05) is 13.3 Å². The van der Waals surface area contributed by atoms with Gasteiger partial charge >= 0.3 is 0 Å². The summed E-state index contributed by atoms with van der Waals surface area (Å²) in [7, 11) is 0. The van der Waals surface area contributed by atoms with E-state index in [-0.39, 0.29) is 12.1 Å². The summed E-state index contributed by atoms with van der Waals surface area (Å²) < 4.78 is 0. The van der Waals surface area contributed by atoms with Crippen LogP contribution in [0.5, 0.6) is 0 Å². The highest BCUT2D eigenvalue weighted by Crippen LogP contribution is 2.49. The molecule has 5 unspecified atom stereocenters. The van der Waals surface area contributed by atoms with Crippen molar-refractivity contribution in [3.8, 4) is 12.1 Å². The molecule has 1 aliphatic heterocycles. The lowest BCUT2D eigenvalue weighted by molar-refractivity contribution is 0.331. The molecule has 0 saturated carbocycles. The highest BCUT2D eigenvalue weighted by molar-refractivity contribution is 5.51. The van der Waals surface area contributed by atoms with Crippen molar-refractivity contribution in [3.05, 3.63) is 81.5 Å². The van der Waals surface area contributed by atoms with Crippen LogP contribution in [0.3, 0.4) is 0 Å². The molecule has 168 valence electrons. The average molecular weight is 429 g/mol. The molecule has 0 radical (unpaired) electrons. The molecule has 2 heteroatoms. The lowest BCUT2D eigenvalue weighted by Gasteiger charge is -2.37. The van der Waals surface area contributed by atoms with E-state index in [0.717, 1.165) is 19.3 Å². The van der Waals surface area contributed by atoms with Crippen LogP contribution < -0.4 is 0 Å². The molecule has 0 spiro atoms. The molecule has 0 aromatic heterocycles. The van der Waals surface area contributed by atoms with E-state index in [0.29, 0.717) is 5.92 Å². The summed E-state index contributed by atoms with van der Waals surface area (Å²) in [6.07, 6.45) is 6.55. The Hall–Kier alpha value is -2.58. The molecular formula is C30H40N2+2.